The SMILES string of the molecule is Cc1nc2c3ccccc3c3c4c(c5c(c3n2c1C)-c1ccccc1C5)Cc1ccccc1-4. The van der Waals surface area contributed by atoms with E-state index in [9.17, 15) is 0 Å². The summed E-state index contributed by atoms with van der Waals surface area (Å²) < 4.78 is 2.45. The maximum Gasteiger partial charge on any atom is 0.145 e. The van der Waals surface area contributed by atoms with Gasteiger partial charge in [-0.25, -0.2) is 4.98 Å². The van der Waals surface area contributed by atoms with E-state index in [2.05, 4.69) is 91.0 Å². The Balaban J connectivity index is 1.75. The zero-order valence-electron chi connectivity index (χ0n) is 18.7. The molecule has 4 aromatic carbocycles. The van der Waals surface area contributed by atoms with Gasteiger partial charge in [0.25, 0.3) is 0 Å². The lowest BCUT2D eigenvalue weighted by Crippen LogP contribution is -2.01. The van der Waals surface area contributed by atoms with Crippen molar-refractivity contribution in [2.75, 3.05) is 0 Å². The van der Waals surface area contributed by atoms with Crippen LogP contribution in [-0.4, -0.2) is 9.38 Å². The summed E-state index contributed by atoms with van der Waals surface area (Å²) in [5.74, 6) is 0. The van der Waals surface area contributed by atoms with Gasteiger partial charge in [-0.3, -0.25) is 4.40 Å². The molecule has 156 valence electrons. The molecule has 2 aliphatic rings. The highest BCUT2D eigenvalue weighted by atomic mass is 15.0. The molecule has 2 aromatic heterocycles. The van der Waals surface area contributed by atoms with Crippen molar-refractivity contribution in [2.45, 2.75) is 26.7 Å². The first kappa shape index (κ1) is 17.6. The molecule has 0 radical (unpaired) electrons. The van der Waals surface area contributed by atoms with Gasteiger partial charge >= 0.3 is 0 Å². The molecule has 0 saturated heterocycles. The first-order chi connectivity index (χ1) is 16.2. The minimum Gasteiger partial charge on any atom is -0.295 e. The van der Waals surface area contributed by atoms with Gasteiger partial charge in [-0.2, -0.15) is 0 Å². The molecule has 6 aromatic rings. The number of fused-ring (bicyclic) bond motifs is 15. The summed E-state index contributed by atoms with van der Waals surface area (Å²) >= 11 is 0. The van der Waals surface area contributed by atoms with Crippen LogP contribution in [0.2, 0.25) is 0 Å². The fourth-order valence-corrected chi connectivity index (χ4v) is 6.48. The van der Waals surface area contributed by atoms with Gasteiger partial charge in [0.1, 0.15) is 5.65 Å². The third-order valence-corrected chi connectivity index (χ3v) is 8.00. The van der Waals surface area contributed by atoms with E-state index in [-0.39, 0.29) is 0 Å². The van der Waals surface area contributed by atoms with Gasteiger partial charge in [0.2, 0.25) is 0 Å². The molecule has 0 amide bonds. The lowest BCUT2D eigenvalue weighted by Gasteiger charge is -2.19. The Morgan fingerprint density at radius 2 is 1.24 bits per heavy atom. The number of aryl methyl sites for hydroxylation is 2. The average Bonchev–Trinajstić information content (AvgIpc) is 3.51. The summed E-state index contributed by atoms with van der Waals surface area (Å²) in [7, 11) is 0. The molecule has 0 atom stereocenters. The predicted molar refractivity (Wildman–Crippen MR) is 136 cm³/mol. The molecular weight excluding hydrogens is 400 g/mol. The Bertz CT molecular complexity index is 1830. The van der Waals surface area contributed by atoms with E-state index >= 15 is 0 Å². The van der Waals surface area contributed by atoms with Crippen molar-refractivity contribution in [1.29, 1.82) is 0 Å². The highest BCUT2D eigenvalue weighted by Crippen LogP contribution is 2.53. The molecule has 0 spiro atoms. The molecule has 0 saturated carbocycles. The van der Waals surface area contributed by atoms with Crippen LogP contribution in [0, 0.1) is 13.8 Å². The van der Waals surface area contributed by atoms with Crippen LogP contribution in [0.1, 0.15) is 33.6 Å². The van der Waals surface area contributed by atoms with Crippen LogP contribution in [0.3, 0.4) is 0 Å². The minimum atomic E-state index is 1.01. The van der Waals surface area contributed by atoms with Gasteiger partial charge in [-0.15, -0.1) is 0 Å². The number of nitrogens with zero attached hydrogens (tertiary/aromatic N) is 2. The summed E-state index contributed by atoms with van der Waals surface area (Å²) in [6, 6.07) is 26.8. The van der Waals surface area contributed by atoms with E-state index in [1.54, 1.807) is 0 Å². The van der Waals surface area contributed by atoms with Gasteiger partial charge in [-0.05, 0) is 71.0 Å². The Labute approximate surface area is 192 Å². The molecule has 2 aliphatic carbocycles. The standard InChI is InChI=1S/C31H22N2/c1-17-18(2)33-30-28-22-12-6-4-10-20(22)16-26(28)25-15-19-9-3-5-11-21(19)27(25)29(30)23-13-7-8-14-24(23)31(33)32-17/h3-14H,15-16H2,1-2H3. The van der Waals surface area contributed by atoms with E-state index in [4.69, 9.17) is 4.98 Å². The van der Waals surface area contributed by atoms with Crippen LogP contribution in [0.5, 0.6) is 0 Å². The van der Waals surface area contributed by atoms with Crippen molar-refractivity contribution in [1.82, 2.24) is 9.38 Å². The topological polar surface area (TPSA) is 17.3 Å². The molecule has 2 nitrogen and oxygen atoms in total. The second-order valence-corrected chi connectivity index (χ2v) is 9.59. The molecule has 0 fully saturated rings. The molecule has 0 N–H and O–H groups in total. The zero-order valence-corrected chi connectivity index (χ0v) is 18.7. The van der Waals surface area contributed by atoms with Crippen LogP contribution in [0.25, 0.3) is 49.6 Å². The lowest BCUT2D eigenvalue weighted by atomic mass is 9.89. The number of hydrogen-bond donors (Lipinski definition) is 0. The van der Waals surface area contributed by atoms with E-state index < -0.39 is 0 Å². The maximum absolute atomic E-state index is 5.07. The molecule has 2 heterocycles. The number of hydrogen-bond acceptors (Lipinski definition) is 1. The number of aromatic nitrogens is 2. The summed E-state index contributed by atoms with van der Waals surface area (Å²) in [4.78, 5) is 5.07. The van der Waals surface area contributed by atoms with Crippen molar-refractivity contribution in [3.63, 3.8) is 0 Å². The molecular formula is C31H22N2. The minimum absolute atomic E-state index is 1.01. The maximum atomic E-state index is 5.07. The Morgan fingerprint density at radius 3 is 1.97 bits per heavy atom. The molecule has 2 heteroatoms. The lowest BCUT2D eigenvalue weighted by molar-refractivity contribution is 1.13. The normalized spacial score (nSPS) is 13.5. The van der Waals surface area contributed by atoms with Crippen molar-refractivity contribution in [3.05, 3.63) is 106 Å². The first-order valence-electron chi connectivity index (χ1n) is 11.8. The summed E-state index contributed by atoms with van der Waals surface area (Å²) in [6.45, 7) is 4.36. The molecule has 0 bridgehead atoms. The second-order valence-electron chi connectivity index (χ2n) is 9.59. The summed E-state index contributed by atoms with van der Waals surface area (Å²) in [5.41, 5.74) is 16.3. The molecule has 0 aliphatic heterocycles. The average molecular weight is 423 g/mol. The Hall–Kier alpha value is -3.91. The van der Waals surface area contributed by atoms with Gasteiger partial charge in [0.15, 0.2) is 0 Å². The third kappa shape index (κ3) is 2.03. The monoisotopic (exact) mass is 422 g/mol. The van der Waals surface area contributed by atoms with Crippen LogP contribution >= 0.6 is 0 Å². The van der Waals surface area contributed by atoms with Crippen molar-refractivity contribution < 1.29 is 0 Å². The highest BCUT2D eigenvalue weighted by Gasteiger charge is 2.33. The van der Waals surface area contributed by atoms with Gasteiger partial charge in [0.05, 0.1) is 11.2 Å². The van der Waals surface area contributed by atoms with E-state index in [0.717, 1.165) is 24.2 Å². The number of rotatable bonds is 0. The zero-order chi connectivity index (χ0) is 21.8. The van der Waals surface area contributed by atoms with Gasteiger partial charge in [0, 0.05) is 22.0 Å². The number of imidazole rings is 1. The third-order valence-electron chi connectivity index (χ3n) is 8.00. The van der Waals surface area contributed by atoms with E-state index in [0.29, 0.717) is 0 Å². The highest BCUT2D eigenvalue weighted by molar-refractivity contribution is 6.23. The Kier molecular flexibility index (Phi) is 3.15. The van der Waals surface area contributed by atoms with Crippen LogP contribution in [0.4, 0.5) is 0 Å². The second kappa shape index (κ2) is 5.90. The van der Waals surface area contributed by atoms with Crippen LogP contribution < -0.4 is 0 Å². The largest absolute Gasteiger partial charge is 0.295 e. The van der Waals surface area contributed by atoms with Crippen LogP contribution in [-0.2, 0) is 12.8 Å². The fraction of sp³-hybridized carbons (Fsp3) is 0.129. The van der Waals surface area contributed by atoms with Gasteiger partial charge < -0.3 is 0 Å². The van der Waals surface area contributed by atoms with E-state index in [1.165, 1.54) is 71.9 Å². The smallest absolute Gasteiger partial charge is 0.145 e. The molecule has 33 heavy (non-hydrogen) atoms. The quantitative estimate of drug-likeness (QED) is 0.233. The van der Waals surface area contributed by atoms with Crippen molar-refractivity contribution in [3.8, 4) is 22.3 Å². The van der Waals surface area contributed by atoms with Gasteiger partial charge in [-0.1, -0.05) is 72.8 Å². The molecule has 8 rings (SSSR count). The van der Waals surface area contributed by atoms with Crippen molar-refractivity contribution in [2.24, 2.45) is 0 Å². The number of benzene rings is 4. The summed E-state index contributed by atoms with van der Waals surface area (Å²) in [5, 5.41) is 3.93. The van der Waals surface area contributed by atoms with Crippen molar-refractivity contribution >= 4 is 27.3 Å². The summed E-state index contributed by atoms with van der Waals surface area (Å²) in [6.07, 6.45) is 2.03. The predicted octanol–water partition coefficient (Wildman–Crippen LogP) is 7.40. The fourth-order valence-electron chi connectivity index (χ4n) is 6.48. The van der Waals surface area contributed by atoms with Crippen LogP contribution in [0.15, 0.2) is 72.8 Å². The Morgan fingerprint density at radius 1 is 0.667 bits per heavy atom. The first-order valence-corrected chi connectivity index (χ1v) is 11.8. The molecule has 0 unspecified atom stereocenters. The van der Waals surface area contributed by atoms with E-state index in [1.807, 2.05) is 0 Å². The number of pyridine rings is 1.